The van der Waals surface area contributed by atoms with Crippen LogP contribution in [0.15, 0.2) is 29.1 Å². The van der Waals surface area contributed by atoms with Crippen molar-refractivity contribution in [2.75, 3.05) is 6.54 Å². The molecule has 0 spiro atoms. The number of rotatable bonds is 3. The molecule has 1 aromatic carbocycles. The summed E-state index contributed by atoms with van der Waals surface area (Å²) in [6.45, 7) is 8.22. The number of hydrogen-bond donors (Lipinski definition) is 1. The Morgan fingerprint density at radius 1 is 1.23 bits per heavy atom. The topological polar surface area (TPSA) is 49.0 Å². The molecule has 1 saturated heterocycles. The average Bonchev–Trinajstić information content (AvgIpc) is 2.94. The Labute approximate surface area is 157 Å². The van der Waals surface area contributed by atoms with Crippen molar-refractivity contribution in [3.63, 3.8) is 0 Å². The van der Waals surface area contributed by atoms with Gasteiger partial charge in [0.15, 0.2) is 0 Å². The van der Waals surface area contributed by atoms with Gasteiger partial charge in [0.25, 0.3) is 5.56 Å². The number of aromatic nitrogens is 2. The van der Waals surface area contributed by atoms with Gasteiger partial charge in [-0.1, -0.05) is 36.2 Å². The van der Waals surface area contributed by atoms with Crippen LogP contribution >= 0.6 is 11.3 Å². The van der Waals surface area contributed by atoms with E-state index in [-0.39, 0.29) is 5.56 Å². The van der Waals surface area contributed by atoms with Gasteiger partial charge in [-0.15, -0.1) is 11.3 Å². The molecule has 1 aliphatic rings. The van der Waals surface area contributed by atoms with E-state index in [9.17, 15) is 4.79 Å². The molecule has 4 rings (SSSR count). The molecule has 1 aliphatic heterocycles. The van der Waals surface area contributed by atoms with Gasteiger partial charge in [-0.2, -0.15) is 0 Å². The molecule has 2 aromatic heterocycles. The maximum atomic E-state index is 12.9. The summed E-state index contributed by atoms with van der Waals surface area (Å²) in [7, 11) is 0. The van der Waals surface area contributed by atoms with E-state index in [1.54, 1.807) is 11.3 Å². The Morgan fingerprint density at radius 3 is 2.73 bits per heavy atom. The average molecular weight is 368 g/mol. The van der Waals surface area contributed by atoms with Gasteiger partial charge >= 0.3 is 0 Å². The van der Waals surface area contributed by atoms with Gasteiger partial charge in [-0.05, 0) is 45.7 Å². The minimum Gasteiger partial charge on any atom is -0.309 e. The van der Waals surface area contributed by atoms with E-state index in [1.165, 1.54) is 24.8 Å². The van der Waals surface area contributed by atoms with E-state index in [1.807, 2.05) is 0 Å². The van der Waals surface area contributed by atoms with Gasteiger partial charge in [-0.25, -0.2) is 4.98 Å². The summed E-state index contributed by atoms with van der Waals surface area (Å²) in [5, 5.41) is 0.729. The Morgan fingerprint density at radius 2 is 2.00 bits per heavy atom. The zero-order chi connectivity index (χ0) is 18.3. The van der Waals surface area contributed by atoms with Crippen molar-refractivity contribution in [3.8, 4) is 11.1 Å². The highest BCUT2D eigenvalue weighted by molar-refractivity contribution is 7.19. The molecule has 26 heavy (non-hydrogen) atoms. The summed E-state index contributed by atoms with van der Waals surface area (Å²) in [5.74, 6) is 0.785. The quantitative estimate of drug-likeness (QED) is 0.733. The van der Waals surface area contributed by atoms with Crippen LogP contribution in [-0.2, 0) is 6.54 Å². The van der Waals surface area contributed by atoms with Gasteiger partial charge < -0.3 is 4.98 Å². The molecule has 0 radical (unpaired) electrons. The lowest BCUT2D eigenvalue weighted by atomic mass is 10.0. The van der Waals surface area contributed by atoms with E-state index in [2.05, 4.69) is 54.9 Å². The number of nitrogens with zero attached hydrogens (tertiary/aromatic N) is 2. The third-order valence-electron chi connectivity index (χ3n) is 5.42. The maximum absolute atomic E-state index is 12.9. The van der Waals surface area contributed by atoms with E-state index < -0.39 is 0 Å². The highest BCUT2D eigenvalue weighted by Gasteiger charge is 2.21. The van der Waals surface area contributed by atoms with Gasteiger partial charge in [0.1, 0.15) is 10.7 Å². The van der Waals surface area contributed by atoms with Gasteiger partial charge in [0.05, 0.1) is 11.9 Å². The first-order chi connectivity index (χ1) is 12.5. The molecule has 0 saturated carbocycles. The molecule has 1 N–H and O–H groups in total. The predicted molar refractivity (Wildman–Crippen MR) is 109 cm³/mol. The molecular weight excluding hydrogens is 342 g/mol. The lowest BCUT2D eigenvalue weighted by Crippen LogP contribution is -2.37. The number of nitrogens with one attached hydrogen (secondary N) is 1. The summed E-state index contributed by atoms with van der Waals surface area (Å²) in [6.07, 6.45) is 3.75. The number of piperidine rings is 1. The van der Waals surface area contributed by atoms with Gasteiger partial charge in [0.2, 0.25) is 0 Å². The largest absolute Gasteiger partial charge is 0.309 e. The van der Waals surface area contributed by atoms with Crippen molar-refractivity contribution in [2.24, 2.45) is 0 Å². The van der Waals surface area contributed by atoms with Crippen LogP contribution in [0.2, 0.25) is 0 Å². The Balaban J connectivity index is 1.75. The lowest BCUT2D eigenvalue weighted by Gasteiger charge is -2.32. The summed E-state index contributed by atoms with van der Waals surface area (Å²) in [5.41, 5.74) is 3.31. The third kappa shape index (κ3) is 3.21. The molecular formula is C21H25N3OS. The molecule has 4 nitrogen and oxygen atoms in total. The van der Waals surface area contributed by atoms with Crippen molar-refractivity contribution in [3.05, 3.63) is 50.9 Å². The molecule has 0 amide bonds. The van der Waals surface area contributed by atoms with Crippen LogP contribution in [0.25, 0.3) is 21.3 Å². The third-order valence-corrected chi connectivity index (χ3v) is 6.42. The molecule has 0 aliphatic carbocycles. The van der Waals surface area contributed by atoms with Crippen molar-refractivity contribution >= 4 is 21.6 Å². The standard InChI is InChI=1S/C21H25N3OS/c1-13-7-9-16(10-8-13)18-15(3)26-21-19(18)20(25)22-17(23-21)12-24-11-5-4-6-14(24)2/h7-10,14H,4-6,11-12H2,1-3H3,(H,22,23,25). The molecule has 1 atom stereocenters. The van der Waals surface area contributed by atoms with E-state index in [0.29, 0.717) is 6.04 Å². The minimum atomic E-state index is -0.0189. The number of fused-ring (bicyclic) bond motifs is 1. The van der Waals surface area contributed by atoms with Crippen LogP contribution in [0.1, 0.15) is 42.5 Å². The Kier molecular flexibility index (Phi) is 4.67. The lowest BCUT2D eigenvalue weighted by molar-refractivity contribution is 0.149. The number of benzene rings is 1. The van der Waals surface area contributed by atoms with E-state index in [0.717, 1.165) is 45.1 Å². The fourth-order valence-corrected chi connectivity index (χ4v) is 4.96. The zero-order valence-corrected chi connectivity index (χ0v) is 16.4. The summed E-state index contributed by atoms with van der Waals surface area (Å²) in [4.78, 5) is 25.2. The molecule has 1 fully saturated rings. The van der Waals surface area contributed by atoms with Crippen molar-refractivity contribution in [1.82, 2.24) is 14.9 Å². The number of aryl methyl sites for hydroxylation is 2. The summed E-state index contributed by atoms with van der Waals surface area (Å²) < 4.78 is 0. The second kappa shape index (κ2) is 6.97. The fourth-order valence-electron chi connectivity index (χ4n) is 3.89. The number of likely N-dealkylation sites (tertiary alicyclic amines) is 1. The number of thiophene rings is 1. The monoisotopic (exact) mass is 367 g/mol. The van der Waals surface area contributed by atoms with Crippen molar-refractivity contribution in [2.45, 2.75) is 52.6 Å². The highest BCUT2D eigenvalue weighted by atomic mass is 32.1. The van der Waals surface area contributed by atoms with Crippen LogP contribution in [0, 0.1) is 13.8 Å². The Hall–Kier alpha value is -1.98. The molecule has 3 heterocycles. The van der Waals surface area contributed by atoms with Crippen molar-refractivity contribution < 1.29 is 0 Å². The smallest absolute Gasteiger partial charge is 0.260 e. The number of H-pyrrole nitrogens is 1. The molecule has 3 aromatic rings. The van der Waals surface area contributed by atoms with Gasteiger partial charge in [0, 0.05) is 16.5 Å². The van der Waals surface area contributed by atoms with Crippen LogP contribution in [0.3, 0.4) is 0 Å². The number of aromatic amines is 1. The van der Waals surface area contributed by atoms with Crippen molar-refractivity contribution in [1.29, 1.82) is 0 Å². The predicted octanol–water partition coefficient (Wildman–Crippen LogP) is 4.64. The maximum Gasteiger partial charge on any atom is 0.260 e. The molecule has 1 unspecified atom stereocenters. The SMILES string of the molecule is Cc1ccc(-c2c(C)sc3nc(CN4CCCCC4C)[nH]c(=O)c23)cc1. The zero-order valence-electron chi connectivity index (χ0n) is 15.6. The van der Waals surface area contributed by atoms with Crippen LogP contribution in [0.5, 0.6) is 0 Å². The van der Waals surface area contributed by atoms with E-state index >= 15 is 0 Å². The van der Waals surface area contributed by atoms with Gasteiger partial charge in [-0.3, -0.25) is 9.69 Å². The molecule has 136 valence electrons. The second-order valence-corrected chi connectivity index (χ2v) is 8.61. The summed E-state index contributed by atoms with van der Waals surface area (Å²) in [6, 6.07) is 8.91. The summed E-state index contributed by atoms with van der Waals surface area (Å²) >= 11 is 1.62. The highest BCUT2D eigenvalue weighted by Crippen LogP contribution is 2.35. The van der Waals surface area contributed by atoms with E-state index in [4.69, 9.17) is 4.98 Å². The Bertz CT molecular complexity index is 987. The van der Waals surface area contributed by atoms with Crippen LogP contribution < -0.4 is 5.56 Å². The number of hydrogen-bond acceptors (Lipinski definition) is 4. The fraction of sp³-hybridized carbons (Fsp3) is 0.429. The first kappa shape index (κ1) is 17.4. The minimum absolute atomic E-state index is 0.0189. The van der Waals surface area contributed by atoms with Crippen LogP contribution in [-0.4, -0.2) is 27.5 Å². The first-order valence-corrected chi connectivity index (χ1v) is 10.2. The molecule has 5 heteroatoms. The second-order valence-electron chi connectivity index (χ2n) is 7.41. The molecule has 0 bridgehead atoms. The normalized spacial score (nSPS) is 18.5. The first-order valence-electron chi connectivity index (χ1n) is 9.36. The van der Waals surface area contributed by atoms with Crippen LogP contribution in [0.4, 0.5) is 0 Å².